The van der Waals surface area contributed by atoms with Gasteiger partial charge in [0.05, 0.1) is 10.6 Å². The third-order valence-electron chi connectivity index (χ3n) is 3.82. The Hall–Kier alpha value is -3.27. The van der Waals surface area contributed by atoms with Crippen LogP contribution in [0.3, 0.4) is 0 Å². The number of furan rings is 1. The van der Waals surface area contributed by atoms with Crippen LogP contribution in [0.5, 0.6) is 0 Å². The van der Waals surface area contributed by atoms with E-state index in [1.54, 1.807) is 30.3 Å². The van der Waals surface area contributed by atoms with Gasteiger partial charge in [-0.1, -0.05) is 23.2 Å². The Morgan fingerprint density at radius 2 is 1.84 bits per heavy atom. The number of rotatable bonds is 5. The molecule has 0 aliphatic heterocycles. The van der Waals surface area contributed by atoms with Crippen molar-refractivity contribution in [3.8, 4) is 11.3 Å². The van der Waals surface area contributed by atoms with Gasteiger partial charge in [-0.05, 0) is 54.7 Å². The fraction of sp³-hybridized carbons (Fsp3) is 0. The molecule has 0 fully saturated rings. The summed E-state index contributed by atoms with van der Waals surface area (Å²) in [5, 5.41) is 16.2. The molecule has 0 aliphatic carbocycles. The van der Waals surface area contributed by atoms with Crippen molar-refractivity contribution < 1.29 is 18.5 Å². The van der Waals surface area contributed by atoms with Gasteiger partial charge in [-0.25, -0.2) is 4.39 Å². The highest BCUT2D eigenvalue weighted by Crippen LogP contribution is 2.29. The normalized spacial score (nSPS) is 10.8. The second-order valence-electron chi connectivity index (χ2n) is 6.06. The number of nitrogens with one attached hydrogen (secondary N) is 2. The van der Waals surface area contributed by atoms with Crippen molar-refractivity contribution in [1.29, 1.82) is 0 Å². The first-order valence-corrected chi connectivity index (χ1v) is 9.68. The van der Waals surface area contributed by atoms with Gasteiger partial charge in [0.2, 0.25) is 5.91 Å². The maximum absolute atomic E-state index is 13.8. The summed E-state index contributed by atoms with van der Waals surface area (Å²) in [5.41, 5.74) is 0.109. The van der Waals surface area contributed by atoms with Gasteiger partial charge in [0.15, 0.2) is 5.11 Å². The van der Waals surface area contributed by atoms with E-state index < -0.39 is 16.6 Å². The molecule has 158 valence electrons. The number of thiocarbonyl (C=S) groups is 1. The van der Waals surface area contributed by atoms with Crippen LogP contribution >= 0.6 is 35.4 Å². The van der Waals surface area contributed by atoms with Crippen molar-refractivity contribution in [1.82, 2.24) is 5.32 Å². The number of benzene rings is 2. The van der Waals surface area contributed by atoms with Crippen LogP contribution in [0.2, 0.25) is 10.0 Å². The fourth-order valence-corrected chi connectivity index (χ4v) is 3.22. The first-order valence-electron chi connectivity index (χ1n) is 8.51. The van der Waals surface area contributed by atoms with Gasteiger partial charge in [0.25, 0.3) is 5.69 Å². The van der Waals surface area contributed by atoms with E-state index in [-0.39, 0.29) is 16.5 Å². The molecule has 31 heavy (non-hydrogen) atoms. The average molecular weight is 480 g/mol. The summed E-state index contributed by atoms with van der Waals surface area (Å²) in [4.78, 5) is 22.2. The SMILES string of the molecule is O=C(/C=C/c1ccc(-c2cc(Cl)cc(Cl)c2)o1)NC(=S)Nc1cc([N+](=O)[O-])ccc1F. The number of carbonyl (C=O) groups excluding carboxylic acids is 1. The maximum Gasteiger partial charge on any atom is 0.271 e. The monoisotopic (exact) mass is 479 g/mol. The molecule has 0 spiro atoms. The lowest BCUT2D eigenvalue weighted by Gasteiger charge is -2.08. The lowest BCUT2D eigenvalue weighted by Crippen LogP contribution is -2.33. The Bertz CT molecular complexity index is 1190. The Morgan fingerprint density at radius 1 is 1.13 bits per heavy atom. The topological polar surface area (TPSA) is 97.4 Å². The minimum absolute atomic E-state index is 0.234. The van der Waals surface area contributed by atoms with Crippen LogP contribution in [0, 0.1) is 15.9 Å². The summed E-state index contributed by atoms with van der Waals surface area (Å²) in [7, 11) is 0. The molecular formula is C20H12Cl2FN3O4S. The van der Waals surface area contributed by atoms with Crippen LogP contribution in [-0.2, 0) is 4.79 Å². The number of hydrogen-bond donors (Lipinski definition) is 2. The summed E-state index contributed by atoms with van der Waals surface area (Å²) < 4.78 is 19.4. The Balaban J connectivity index is 1.62. The number of halogens is 3. The first-order chi connectivity index (χ1) is 14.7. The zero-order valence-corrected chi connectivity index (χ0v) is 17.7. The van der Waals surface area contributed by atoms with Gasteiger partial charge >= 0.3 is 0 Å². The number of non-ortho nitro benzene ring substituents is 1. The first kappa shape index (κ1) is 22.4. The van der Waals surface area contributed by atoms with Gasteiger partial charge in [-0.2, -0.15) is 0 Å². The maximum atomic E-state index is 13.8. The fourth-order valence-electron chi connectivity index (χ4n) is 2.48. The number of hydrogen-bond acceptors (Lipinski definition) is 5. The molecule has 3 rings (SSSR count). The largest absolute Gasteiger partial charge is 0.457 e. The van der Waals surface area contributed by atoms with Gasteiger partial charge in [-0.3, -0.25) is 20.2 Å². The highest BCUT2D eigenvalue weighted by molar-refractivity contribution is 7.80. The molecule has 7 nitrogen and oxygen atoms in total. The van der Waals surface area contributed by atoms with E-state index in [4.69, 9.17) is 39.8 Å². The number of nitro groups is 1. The smallest absolute Gasteiger partial charge is 0.271 e. The van der Waals surface area contributed by atoms with Gasteiger partial charge in [0, 0.05) is 33.8 Å². The summed E-state index contributed by atoms with van der Waals surface area (Å²) in [5.74, 6) is -0.498. The number of nitrogens with zero attached hydrogens (tertiary/aromatic N) is 1. The van der Waals surface area contributed by atoms with Crippen molar-refractivity contribution in [3.63, 3.8) is 0 Å². The lowest BCUT2D eigenvalue weighted by molar-refractivity contribution is -0.384. The van der Waals surface area contributed by atoms with Gasteiger partial charge in [0.1, 0.15) is 17.3 Å². The quantitative estimate of drug-likeness (QED) is 0.207. The molecule has 0 atom stereocenters. The van der Waals surface area contributed by atoms with Crippen LogP contribution < -0.4 is 10.6 Å². The van der Waals surface area contributed by atoms with Crippen LogP contribution in [0.4, 0.5) is 15.8 Å². The Morgan fingerprint density at radius 3 is 2.52 bits per heavy atom. The molecule has 1 heterocycles. The van der Waals surface area contributed by atoms with Gasteiger partial charge < -0.3 is 9.73 Å². The summed E-state index contributed by atoms with van der Waals surface area (Å²) in [6.45, 7) is 0. The molecule has 2 aromatic carbocycles. The predicted octanol–water partition coefficient (Wildman–Crippen LogP) is 5.83. The average Bonchev–Trinajstić information content (AvgIpc) is 3.16. The standard InChI is InChI=1S/C20H12Cl2FN3O4S/c21-12-7-11(8-13(22)9-12)18-5-2-15(30-18)3-6-19(27)25-20(31)24-17-10-14(26(28)29)1-4-16(17)23/h1-10H,(H2,24,25,27,31)/b6-3+. The molecule has 0 unspecified atom stereocenters. The number of carbonyl (C=O) groups is 1. The Labute approximate surface area is 190 Å². The summed E-state index contributed by atoms with van der Waals surface area (Å²) in [6, 6.07) is 11.2. The molecule has 3 aromatic rings. The molecule has 1 amide bonds. The third kappa shape index (κ3) is 6.11. The second-order valence-corrected chi connectivity index (χ2v) is 7.34. The minimum Gasteiger partial charge on any atom is -0.457 e. The molecule has 0 bridgehead atoms. The lowest BCUT2D eigenvalue weighted by atomic mass is 10.2. The summed E-state index contributed by atoms with van der Waals surface area (Å²) >= 11 is 16.9. The number of nitro benzene ring substituents is 1. The van der Waals surface area contributed by atoms with E-state index in [2.05, 4.69) is 10.6 Å². The highest BCUT2D eigenvalue weighted by atomic mass is 35.5. The van der Waals surface area contributed by atoms with Crippen LogP contribution in [0.25, 0.3) is 17.4 Å². The number of amides is 1. The van der Waals surface area contributed by atoms with E-state index >= 15 is 0 Å². The second kappa shape index (κ2) is 9.69. The molecule has 0 saturated carbocycles. The van der Waals surface area contributed by atoms with E-state index in [1.807, 2.05) is 0 Å². The van der Waals surface area contributed by atoms with E-state index in [0.29, 0.717) is 27.1 Å². The van der Waals surface area contributed by atoms with Crippen molar-refractivity contribution in [3.05, 3.63) is 86.3 Å². The van der Waals surface area contributed by atoms with Crippen molar-refractivity contribution in [2.75, 3.05) is 5.32 Å². The van der Waals surface area contributed by atoms with E-state index in [1.165, 1.54) is 6.08 Å². The van der Waals surface area contributed by atoms with Crippen LogP contribution in [0.1, 0.15) is 5.76 Å². The van der Waals surface area contributed by atoms with E-state index in [0.717, 1.165) is 24.3 Å². The third-order valence-corrected chi connectivity index (χ3v) is 4.46. The zero-order valence-electron chi connectivity index (χ0n) is 15.4. The van der Waals surface area contributed by atoms with Crippen LogP contribution in [-0.4, -0.2) is 15.9 Å². The summed E-state index contributed by atoms with van der Waals surface area (Å²) in [6.07, 6.45) is 2.56. The minimum atomic E-state index is -0.762. The van der Waals surface area contributed by atoms with Crippen molar-refractivity contribution >= 4 is 63.9 Å². The van der Waals surface area contributed by atoms with E-state index in [9.17, 15) is 19.3 Å². The molecule has 1 aromatic heterocycles. The molecule has 0 radical (unpaired) electrons. The Kier molecular flexibility index (Phi) is 7.01. The molecule has 2 N–H and O–H groups in total. The number of anilines is 1. The molecule has 11 heteroatoms. The highest BCUT2D eigenvalue weighted by Gasteiger charge is 2.12. The van der Waals surface area contributed by atoms with Crippen LogP contribution in [0.15, 0.2) is 59.0 Å². The zero-order chi connectivity index (χ0) is 22.5. The predicted molar refractivity (Wildman–Crippen MR) is 121 cm³/mol. The van der Waals surface area contributed by atoms with Crippen molar-refractivity contribution in [2.45, 2.75) is 0 Å². The molecule has 0 aliphatic rings. The van der Waals surface area contributed by atoms with Gasteiger partial charge in [-0.15, -0.1) is 0 Å². The molecular weight excluding hydrogens is 468 g/mol. The molecule has 0 saturated heterocycles. The van der Waals surface area contributed by atoms with Crippen molar-refractivity contribution in [2.24, 2.45) is 0 Å².